The molecule has 0 atom stereocenters. The smallest absolute Gasteiger partial charge is 0.255 e. The number of methoxy groups -OCH3 is 1. The lowest BCUT2D eigenvalue weighted by Crippen LogP contribution is -2.12. The van der Waals surface area contributed by atoms with Crippen LogP contribution in [0.1, 0.15) is 15.9 Å². The van der Waals surface area contributed by atoms with Crippen molar-refractivity contribution in [3.63, 3.8) is 0 Å². The highest BCUT2D eigenvalue weighted by Gasteiger charge is 2.10. The van der Waals surface area contributed by atoms with Crippen LogP contribution in [0.5, 0.6) is 5.75 Å². The first-order valence-electron chi connectivity index (χ1n) is 5.78. The molecule has 0 fully saturated rings. The van der Waals surface area contributed by atoms with Crippen molar-refractivity contribution in [3.8, 4) is 5.75 Å². The number of aromatic nitrogens is 1. The molecule has 2 rings (SSSR count). The SMILES string of the molecule is COc1ccc(C(=O)Nc2cnc(Cl)c(C)c2)cc1Br. The monoisotopic (exact) mass is 354 g/mol. The third kappa shape index (κ3) is 3.29. The molecule has 0 aliphatic carbocycles. The Morgan fingerprint density at radius 1 is 1.40 bits per heavy atom. The Labute approximate surface area is 130 Å². The van der Waals surface area contributed by atoms with Crippen LogP contribution in [0, 0.1) is 6.92 Å². The predicted molar refractivity (Wildman–Crippen MR) is 82.6 cm³/mol. The molecule has 104 valence electrons. The molecule has 1 aromatic carbocycles. The fourth-order valence-electron chi connectivity index (χ4n) is 1.64. The molecule has 1 N–H and O–H groups in total. The lowest BCUT2D eigenvalue weighted by atomic mass is 10.2. The van der Waals surface area contributed by atoms with Crippen LogP contribution in [-0.4, -0.2) is 18.0 Å². The molecule has 0 aliphatic heterocycles. The second-order valence-electron chi connectivity index (χ2n) is 4.14. The number of amides is 1. The van der Waals surface area contributed by atoms with Gasteiger partial charge in [-0.15, -0.1) is 0 Å². The maximum Gasteiger partial charge on any atom is 0.255 e. The molecule has 20 heavy (non-hydrogen) atoms. The number of rotatable bonds is 3. The van der Waals surface area contributed by atoms with E-state index >= 15 is 0 Å². The Morgan fingerprint density at radius 3 is 2.75 bits per heavy atom. The Balaban J connectivity index is 2.19. The van der Waals surface area contributed by atoms with Crippen LogP contribution >= 0.6 is 27.5 Å². The second kappa shape index (κ2) is 6.24. The number of pyridine rings is 1. The van der Waals surface area contributed by atoms with Crippen LogP contribution in [0.15, 0.2) is 34.9 Å². The largest absolute Gasteiger partial charge is 0.496 e. The van der Waals surface area contributed by atoms with E-state index in [2.05, 4.69) is 26.2 Å². The molecule has 0 unspecified atom stereocenters. The van der Waals surface area contributed by atoms with Gasteiger partial charge in [-0.05, 0) is 52.7 Å². The number of hydrogen-bond acceptors (Lipinski definition) is 3. The number of hydrogen-bond donors (Lipinski definition) is 1. The molecule has 4 nitrogen and oxygen atoms in total. The minimum absolute atomic E-state index is 0.225. The first-order chi connectivity index (χ1) is 9.51. The summed E-state index contributed by atoms with van der Waals surface area (Å²) in [6.07, 6.45) is 1.52. The van der Waals surface area contributed by atoms with Crippen LogP contribution in [-0.2, 0) is 0 Å². The Hall–Kier alpha value is -1.59. The van der Waals surface area contributed by atoms with E-state index in [0.29, 0.717) is 22.2 Å². The predicted octanol–water partition coefficient (Wildman–Crippen LogP) is 4.07. The molecule has 0 saturated heterocycles. The molecule has 6 heteroatoms. The van der Waals surface area contributed by atoms with Gasteiger partial charge < -0.3 is 10.1 Å². The molecule has 2 aromatic rings. The summed E-state index contributed by atoms with van der Waals surface area (Å²) < 4.78 is 5.84. The van der Waals surface area contributed by atoms with Crippen molar-refractivity contribution in [1.82, 2.24) is 4.98 Å². The fraction of sp³-hybridized carbons (Fsp3) is 0.143. The number of nitrogens with zero attached hydrogens (tertiary/aromatic N) is 1. The molecule has 0 spiro atoms. The molecule has 0 bridgehead atoms. The number of carbonyl (C=O) groups excluding carboxylic acids is 1. The fourth-order valence-corrected chi connectivity index (χ4v) is 2.28. The highest BCUT2D eigenvalue weighted by Crippen LogP contribution is 2.26. The Morgan fingerprint density at radius 2 is 2.15 bits per heavy atom. The van der Waals surface area contributed by atoms with Crippen LogP contribution in [0.3, 0.4) is 0 Å². The van der Waals surface area contributed by atoms with Crippen molar-refractivity contribution in [2.45, 2.75) is 6.92 Å². The zero-order valence-electron chi connectivity index (χ0n) is 10.9. The molecule has 0 radical (unpaired) electrons. The van der Waals surface area contributed by atoms with Gasteiger partial charge in [0.25, 0.3) is 5.91 Å². The molecule has 0 saturated carbocycles. The number of carbonyl (C=O) groups is 1. The molecular formula is C14H12BrClN2O2. The van der Waals surface area contributed by atoms with Crippen molar-refractivity contribution >= 4 is 39.1 Å². The Kier molecular flexibility index (Phi) is 4.62. The normalized spacial score (nSPS) is 10.2. The van der Waals surface area contributed by atoms with Crippen LogP contribution in [0.4, 0.5) is 5.69 Å². The highest BCUT2D eigenvalue weighted by molar-refractivity contribution is 9.10. The van der Waals surface area contributed by atoms with E-state index < -0.39 is 0 Å². The van der Waals surface area contributed by atoms with Gasteiger partial charge in [-0.1, -0.05) is 11.6 Å². The van der Waals surface area contributed by atoms with E-state index in [-0.39, 0.29) is 5.91 Å². The maximum atomic E-state index is 12.1. The van der Waals surface area contributed by atoms with Crippen molar-refractivity contribution in [3.05, 3.63) is 51.2 Å². The van der Waals surface area contributed by atoms with E-state index in [1.54, 1.807) is 31.4 Å². The molecule has 1 heterocycles. The van der Waals surface area contributed by atoms with Crippen molar-refractivity contribution in [1.29, 1.82) is 0 Å². The lowest BCUT2D eigenvalue weighted by Gasteiger charge is -2.08. The van der Waals surface area contributed by atoms with E-state index in [1.807, 2.05) is 6.92 Å². The standard InChI is InChI=1S/C14H12BrClN2O2/c1-8-5-10(7-17-13(8)16)18-14(19)9-3-4-12(20-2)11(15)6-9/h3-7H,1-2H3,(H,18,19). The van der Waals surface area contributed by atoms with E-state index in [1.165, 1.54) is 6.20 Å². The van der Waals surface area contributed by atoms with Gasteiger partial charge in [0, 0.05) is 5.56 Å². The van der Waals surface area contributed by atoms with Gasteiger partial charge in [0.2, 0.25) is 0 Å². The number of benzene rings is 1. The van der Waals surface area contributed by atoms with Crippen LogP contribution in [0.2, 0.25) is 5.15 Å². The summed E-state index contributed by atoms with van der Waals surface area (Å²) >= 11 is 9.19. The average Bonchev–Trinajstić information content (AvgIpc) is 2.42. The zero-order valence-corrected chi connectivity index (χ0v) is 13.2. The van der Waals surface area contributed by atoms with Gasteiger partial charge in [-0.3, -0.25) is 4.79 Å². The molecule has 0 aliphatic rings. The summed E-state index contributed by atoms with van der Waals surface area (Å²) in [7, 11) is 1.57. The first kappa shape index (κ1) is 14.8. The minimum atomic E-state index is -0.225. The van der Waals surface area contributed by atoms with Crippen molar-refractivity contribution < 1.29 is 9.53 Å². The quantitative estimate of drug-likeness (QED) is 0.845. The topological polar surface area (TPSA) is 51.2 Å². The van der Waals surface area contributed by atoms with E-state index in [0.717, 1.165) is 10.0 Å². The molecular weight excluding hydrogens is 344 g/mol. The maximum absolute atomic E-state index is 12.1. The van der Waals surface area contributed by atoms with Crippen molar-refractivity contribution in [2.24, 2.45) is 0 Å². The van der Waals surface area contributed by atoms with Gasteiger partial charge in [0.05, 0.1) is 23.5 Å². The van der Waals surface area contributed by atoms with Crippen molar-refractivity contribution in [2.75, 3.05) is 12.4 Å². The van der Waals surface area contributed by atoms with Crippen LogP contribution < -0.4 is 10.1 Å². The van der Waals surface area contributed by atoms with Gasteiger partial charge >= 0.3 is 0 Å². The average molecular weight is 356 g/mol. The summed E-state index contributed by atoms with van der Waals surface area (Å²) in [6, 6.07) is 6.88. The minimum Gasteiger partial charge on any atom is -0.496 e. The third-order valence-electron chi connectivity index (χ3n) is 2.69. The van der Waals surface area contributed by atoms with E-state index in [9.17, 15) is 4.79 Å². The summed E-state index contributed by atoms with van der Waals surface area (Å²) in [6.45, 7) is 1.83. The summed E-state index contributed by atoms with van der Waals surface area (Å²) in [5, 5.41) is 3.20. The molecule has 1 amide bonds. The third-order valence-corrected chi connectivity index (χ3v) is 3.70. The van der Waals surface area contributed by atoms with Gasteiger partial charge in [-0.25, -0.2) is 4.98 Å². The van der Waals surface area contributed by atoms with Gasteiger partial charge in [0.15, 0.2) is 0 Å². The van der Waals surface area contributed by atoms with Gasteiger partial charge in [-0.2, -0.15) is 0 Å². The van der Waals surface area contributed by atoms with Gasteiger partial charge in [0.1, 0.15) is 10.9 Å². The highest BCUT2D eigenvalue weighted by atomic mass is 79.9. The Bertz CT molecular complexity index is 662. The summed E-state index contributed by atoms with van der Waals surface area (Å²) in [4.78, 5) is 16.1. The molecule has 1 aromatic heterocycles. The van der Waals surface area contributed by atoms with E-state index in [4.69, 9.17) is 16.3 Å². The zero-order chi connectivity index (χ0) is 14.7. The first-order valence-corrected chi connectivity index (χ1v) is 6.95. The summed E-state index contributed by atoms with van der Waals surface area (Å²) in [5.74, 6) is 0.447. The van der Waals surface area contributed by atoms with Crippen LogP contribution in [0.25, 0.3) is 0 Å². The number of ether oxygens (including phenoxy) is 1. The second-order valence-corrected chi connectivity index (χ2v) is 5.35. The number of aryl methyl sites for hydroxylation is 1. The number of anilines is 1. The lowest BCUT2D eigenvalue weighted by molar-refractivity contribution is 0.102. The number of halogens is 2. The number of nitrogens with one attached hydrogen (secondary N) is 1. The summed E-state index contributed by atoms with van der Waals surface area (Å²) in [5.41, 5.74) is 1.93.